The maximum Gasteiger partial charge on any atom is 0.152 e. The van der Waals surface area contributed by atoms with Gasteiger partial charge in [-0.15, -0.1) is 0 Å². The molecule has 0 aromatic heterocycles. The molecule has 45 heavy (non-hydrogen) atoms. The molecule has 0 saturated carbocycles. The van der Waals surface area contributed by atoms with Crippen molar-refractivity contribution >= 4 is 5.78 Å². The first-order valence-corrected chi connectivity index (χ1v) is 16.1. The lowest BCUT2D eigenvalue weighted by Crippen LogP contribution is -2.60. The SMILES string of the molecule is CCCC(=O)C1N2C[C@H](OCc3ccccc3)[C@@H](OCc3ccccc3)[C@H](OCc3ccccc3)[C@]12COCc1ccccc1. The van der Waals surface area contributed by atoms with Gasteiger partial charge in [-0.25, -0.2) is 0 Å². The number of hydrogen-bond acceptors (Lipinski definition) is 6. The minimum atomic E-state index is -0.649. The number of rotatable bonds is 16. The van der Waals surface area contributed by atoms with E-state index in [4.69, 9.17) is 18.9 Å². The summed E-state index contributed by atoms with van der Waals surface area (Å²) in [6.45, 7) is 4.69. The largest absolute Gasteiger partial charge is 0.375 e. The van der Waals surface area contributed by atoms with Crippen molar-refractivity contribution in [3.8, 4) is 0 Å². The van der Waals surface area contributed by atoms with Gasteiger partial charge in [-0.3, -0.25) is 9.69 Å². The van der Waals surface area contributed by atoms with E-state index in [2.05, 4.69) is 60.4 Å². The van der Waals surface area contributed by atoms with E-state index in [1.807, 2.05) is 72.8 Å². The maximum atomic E-state index is 13.8. The maximum absolute atomic E-state index is 13.8. The molecule has 234 valence electrons. The van der Waals surface area contributed by atoms with Crippen LogP contribution in [0.1, 0.15) is 42.0 Å². The van der Waals surface area contributed by atoms with Gasteiger partial charge >= 0.3 is 0 Å². The predicted octanol–water partition coefficient (Wildman–Crippen LogP) is 6.77. The summed E-state index contributed by atoms with van der Waals surface area (Å²) in [6.07, 6.45) is 0.113. The van der Waals surface area contributed by atoms with Crippen molar-refractivity contribution in [2.75, 3.05) is 13.2 Å². The second kappa shape index (κ2) is 15.1. The molecule has 6 heteroatoms. The van der Waals surface area contributed by atoms with Crippen molar-refractivity contribution in [3.63, 3.8) is 0 Å². The minimum absolute atomic E-state index is 0.222. The summed E-state index contributed by atoms with van der Waals surface area (Å²) in [7, 11) is 0. The number of nitrogens with zero attached hydrogens (tertiary/aromatic N) is 1. The van der Waals surface area contributed by atoms with Crippen molar-refractivity contribution in [1.29, 1.82) is 0 Å². The van der Waals surface area contributed by atoms with E-state index in [0.29, 0.717) is 46.0 Å². The number of fused-ring (bicyclic) bond motifs is 1. The molecule has 2 aliphatic rings. The zero-order valence-corrected chi connectivity index (χ0v) is 26.0. The van der Waals surface area contributed by atoms with Crippen LogP contribution < -0.4 is 0 Å². The number of hydrogen-bond donors (Lipinski definition) is 0. The average molecular weight is 606 g/mol. The van der Waals surface area contributed by atoms with E-state index in [0.717, 1.165) is 28.7 Å². The van der Waals surface area contributed by atoms with Gasteiger partial charge in [-0.05, 0) is 28.7 Å². The highest BCUT2D eigenvalue weighted by Gasteiger charge is 2.75. The zero-order valence-electron chi connectivity index (χ0n) is 26.0. The highest BCUT2D eigenvalue weighted by Crippen LogP contribution is 2.52. The van der Waals surface area contributed by atoms with Crippen molar-refractivity contribution < 1.29 is 23.7 Å². The Labute approximate surface area is 266 Å². The summed E-state index contributed by atoms with van der Waals surface area (Å²) < 4.78 is 26.8. The Morgan fingerprint density at radius 3 is 1.64 bits per heavy atom. The first kappa shape index (κ1) is 31.3. The third kappa shape index (κ3) is 7.43. The van der Waals surface area contributed by atoms with Crippen LogP contribution in [-0.4, -0.2) is 53.7 Å². The van der Waals surface area contributed by atoms with E-state index in [-0.39, 0.29) is 17.9 Å². The normalized spacial score (nSPS) is 25.4. The molecular weight excluding hydrogens is 562 g/mol. The molecule has 2 fully saturated rings. The van der Waals surface area contributed by atoms with Crippen LogP contribution >= 0.6 is 0 Å². The van der Waals surface area contributed by atoms with Crippen LogP contribution in [-0.2, 0) is 50.2 Å². The third-order valence-electron chi connectivity index (χ3n) is 8.90. The molecule has 0 N–H and O–H groups in total. The summed E-state index contributed by atoms with van der Waals surface area (Å²) in [6, 6.07) is 40.4. The lowest BCUT2D eigenvalue weighted by atomic mass is 9.87. The van der Waals surface area contributed by atoms with E-state index >= 15 is 0 Å². The van der Waals surface area contributed by atoms with Gasteiger partial charge in [0, 0.05) is 13.0 Å². The van der Waals surface area contributed by atoms with Crippen molar-refractivity contribution in [2.24, 2.45) is 0 Å². The topological polar surface area (TPSA) is 57.0 Å². The molecule has 2 unspecified atom stereocenters. The fourth-order valence-corrected chi connectivity index (χ4v) is 6.65. The Morgan fingerprint density at radius 1 is 0.667 bits per heavy atom. The average Bonchev–Trinajstić information content (AvgIpc) is 3.75. The Morgan fingerprint density at radius 2 is 1.13 bits per heavy atom. The molecule has 0 radical (unpaired) electrons. The second-order valence-corrected chi connectivity index (χ2v) is 12.1. The number of benzene rings is 4. The molecule has 6 nitrogen and oxygen atoms in total. The molecule has 4 aromatic rings. The lowest BCUT2D eigenvalue weighted by Gasteiger charge is -2.42. The Balaban J connectivity index is 1.33. The standard InChI is InChI=1S/C39H43NO5/c1-2-15-34(41)37-39(29-42-25-30-16-7-3-8-17-30)38(45-28-33-22-13-6-14-23-33)36(44-27-32-20-11-5-12-21-32)35(24-40(37)39)43-26-31-18-9-4-10-19-31/h3-14,16-23,35-38H,2,15,24-29H2,1H3/t35-,36+,37?,38-,39-,40?/m0/s1. The molecule has 6 atom stereocenters. The van der Waals surface area contributed by atoms with Gasteiger partial charge in [0.15, 0.2) is 5.78 Å². The zero-order chi connectivity index (χ0) is 30.9. The van der Waals surface area contributed by atoms with Gasteiger partial charge in [0.2, 0.25) is 0 Å². The van der Waals surface area contributed by atoms with Crippen molar-refractivity contribution in [2.45, 2.75) is 76.1 Å². The van der Waals surface area contributed by atoms with E-state index in [1.165, 1.54) is 0 Å². The third-order valence-corrected chi connectivity index (χ3v) is 8.90. The van der Waals surface area contributed by atoms with Gasteiger partial charge in [-0.2, -0.15) is 0 Å². The first-order chi connectivity index (χ1) is 22.2. The van der Waals surface area contributed by atoms with Gasteiger partial charge in [0.05, 0.1) is 50.7 Å². The van der Waals surface area contributed by atoms with Crippen molar-refractivity contribution in [3.05, 3.63) is 144 Å². The molecule has 2 aliphatic heterocycles. The molecular formula is C39H43NO5. The molecule has 4 aromatic carbocycles. The van der Waals surface area contributed by atoms with Crippen LogP contribution in [0.15, 0.2) is 121 Å². The molecule has 2 heterocycles. The fourth-order valence-electron chi connectivity index (χ4n) is 6.65. The monoisotopic (exact) mass is 605 g/mol. The van der Waals surface area contributed by atoms with Crippen LogP contribution in [0, 0.1) is 0 Å². The van der Waals surface area contributed by atoms with Crippen LogP contribution in [0.3, 0.4) is 0 Å². The fraction of sp³-hybridized carbons (Fsp3) is 0.359. The molecule has 0 spiro atoms. The Kier molecular flexibility index (Phi) is 10.5. The van der Waals surface area contributed by atoms with E-state index in [1.54, 1.807) is 0 Å². The van der Waals surface area contributed by atoms with Crippen LogP contribution in [0.2, 0.25) is 0 Å². The first-order valence-electron chi connectivity index (χ1n) is 16.1. The van der Waals surface area contributed by atoms with Crippen LogP contribution in [0.4, 0.5) is 0 Å². The molecule has 2 saturated heterocycles. The molecule has 0 amide bonds. The van der Waals surface area contributed by atoms with E-state index < -0.39 is 17.7 Å². The van der Waals surface area contributed by atoms with Gasteiger partial charge in [0.1, 0.15) is 12.2 Å². The van der Waals surface area contributed by atoms with Gasteiger partial charge in [-0.1, -0.05) is 128 Å². The summed E-state index contributed by atoms with van der Waals surface area (Å²) in [4.78, 5) is 16.0. The summed E-state index contributed by atoms with van der Waals surface area (Å²) in [5.41, 5.74) is 3.68. The Hall–Kier alpha value is -3.65. The molecule has 0 bridgehead atoms. The summed E-state index contributed by atoms with van der Waals surface area (Å²) in [5.74, 6) is 0.222. The summed E-state index contributed by atoms with van der Waals surface area (Å²) in [5, 5.41) is 0. The second-order valence-electron chi connectivity index (χ2n) is 12.1. The number of carbonyl (C=O) groups excluding carboxylic acids is 1. The number of ether oxygens (including phenoxy) is 4. The highest BCUT2D eigenvalue weighted by atomic mass is 16.6. The molecule has 0 aliphatic carbocycles. The van der Waals surface area contributed by atoms with Crippen LogP contribution in [0.25, 0.3) is 0 Å². The highest BCUT2D eigenvalue weighted by molar-refractivity contribution is 5.89. The number of ketones is 1. The lowest BCUT2D eigenvalue weighted by molar-refractivity contribution is -0.191. The van der Waals surface area contributed by atoms with Crippen molar-refractivity contribution in [1.82, 2.24) is 4.90 Å². The van der Waals surface area contributed by atoms with Gasteiger partial charge < -0.3 is 18.9 Å². The smallest absolute Gasteiger partial charge is 0.152 e. The van der Waals surface area contributed by atoms with Gasteiger partial charge in [0.25, 0.3) is 0 Å². The Bertz CT molecular complexity index is 1470. The quantitative estimate of drug-likeness (QED) is 0.132. The minimum Gasteiger partial charge on any atom is -0.375 e. The molecule has 6 rings (SSSR count). The summed E-state index contributed by atoms with van der Waals surface area (Å²) >= 11 is 0. The van der Waals surface area contributed by atoms with E-state index in [9.17, 15) is 4.79 Å². The van der Waals surface area contributed by atoms with Crippen LogP contribution in [0.5, 0.6) is 0 Å². The number of carbonyl (C=O) groups is 1. The number of Topliss-reactive ketones (excluding diaryl/α,β-unsaturated/α-hetero) is 1. The predicted molar refractivity (Wildman–Crippen MR) is 174 cm³/mol. The number of piperidine rings is 1.